The van der Waals surface area contributed by atoms with E-state index < -0.39 is 24.7 Å². The summed E-state index contributed by atoms with van der Waals surface area (Å²) < 4.78 is 36.0. The van der Waals surface area contributed by atoms with Crippen LogP contribution >= 0.6 is 0 Å². The number of alkyl halides is 3. The Morgan fingerprint density at radius 2 is 1.77 bits per heavy atom. The molecule has 1 aromatic carbocycles. The van der Waals surface area contributed by atoms with Gasteiger partial charge in [0.25, 0.3) is 0 Å². The van der Waals surface area contributed by atoms with E-state index in [1.165, 1.54) is 5.56 Å². The fourth-order valence-corrected chi connectivity index (χ4v) is 3.04. The molecule has 1 aromatic rings. The van der Waals surface area contributed by atoms with Gasteiger partial charge in [0.15, 0.2) is 0 Å². The quantitative estimate of drug-likeness (QED) is 0.808. The van der Waals surface area contributed by atoms with Crippen molar-refractivity contribution in [1.82, 2.24) is 15.5 Å². The number of hydrogen-bond donors (Lipinski definition) is 2. The van der Waals surface area contributed by atoms with E-state index in [1.54, 1.807) is 5.32 Å². The van der Waals surface area contributed by atoms with Gasteiger partial charge in [0.1, 0.15) is 6.54 Å². The van der Waals surface area contributed by atoms with Gasteiger partial charge in [-0.3, -0.25) is 15.0 Å². The lowest BCUT2D eigenvalue weighted by molar-refractivity contribution is -0.125. The average Bonchev–Trinajstić information content (AvgIpc) is 2.60. The zero-order chi connectivity index (χ0) is 19.0. The first-order chi connectivity index (χ1) is 12.3. The molecule has 1 heterocycles. The Hall–Kier alpha value is -2.09. The lowest BCUT2D eigenvalue weighted by atomic mass is 9.90. The van der Waals surface area contributed by atoms with Crippen molar-refractivity contribution in [2.45, 2.75) is 31.9 Å². The summed E-state index contributed by atoms with van der Waals surface area (Å²) in [5.41, 5.74) is 1.32. The van der Waals surface area contributed by atoms with Crippen molar-refractivity contribution in [3.8, 4) is 0 Å². The minimum absolute atomic E-state index is 0.0187. The summed E-state index contributed by atoms with van der Waals surface area (Å²) in [7, 11) is 0. The third kappa shape index (κ3) is 7.86. The third-order valence-corrected chi connectivity index (χ3v) is 4.46. The molecule has 0 aromatic heterocycles. The number of carbonyl (C=O) groups excluding carboxylic acids is 2. The number of benzene rings is 1. The maximum absolute atomic E-state index is 12.0. The molecule has 0 atom stereocenters. The Labute approximate surface area is 150 Å². The Kier molecular flexibility index (Phi) is 7.44. The van der Waals surface area contributed by atoms with Crippen LogP contribution < -0.4 is 10.6 Å². The van der Waals surface area contributed by atoms with Crippen LogP contribution in [0.15, 0.2) is 30.3 Å². The van der Waals surface area contributed by atoms with E-state index in [-0.39, 0.29) is 6.54 Å². The van der Waals surface area contributed by atoms with Crippen LogP contribution in [0.25, 0.3) is 0 Å². The number of likely N-dealkylation sites (tertiary alicyclic amines) is 1. The van der Waals surface area contributed by atoms with Gasteiger partial charge in [-0.1, -0.05) is 30.3 Å². The highest BCUT2D eigenvalue weighted by Gasteiger charge is 2.28. The predicted octanol–water partition coefficient (Wildman–Crippen LogP) is 2.72. The normalized spacial score (nSPS) is 16.3. The zero-order valence-corrected chi connectivity index (χ0v) is 14.5. The van der Waals surface area contributed by atoms with E-state index in [2.05, 4.69) is 12.1 Å². The summed E-state index contributed by atoms with van der Waals surface area (Å²) in [4.78, 5) is 24.9. The molecule has 2 N–H and O–H groups in total. The summed E-state index contributed by atoms with van der Waals surface area (Å²) in [5.74, 6) is 0.0111. The molecule has 5 nitrogen and oxygen atoms in total. The molecule has 144 valence electrons. The number of amides is 3. The van der Waals surface area contributed by atoms with Crippen LogP contribution in [0, 0.1) is 5.92 Å². The molecule has 8 heteroatoms. The van der Waals surface area contributed by atoms with Crippen molar-refractivity contribution in [3.63, 3.8) is 0 Å². The van der Waals surface area contributed by atoms with Crippen LogP contribution in [-0.4, -0.2) is 49.2 Å². The Morgan fingerprint density at radius 3 is 2.38 bits per heavy atom. The average molecular weight is 371 g/mol. The van der Waals surface area contributed by atoms with Crippen LogP contribution in [0.1, 0.15) is 24.8 Å². The second-order valence-electron chi connectivity index (χ2n) is 6.59. The van der Waals surface area contributed by atoms with Gasteiger partial charge >= 0.3 is 12.2 Å². The van der Waals surface area contributed by atoms with Crippen molar-refractivity contribution < 1.29 is 22.8 Å². The summed E-state index contributed by atoms with van der Waals surface area (Å²) in [5, 5.41) is 3.54. The summed E-state index contributed by atoms with van der Waals surface area (Å²) >= 11 is 0. The Morgan fingerprint density at radius 1 is 1.12 bits per heavy atom. The predicted molar refractivity (Wildman–Crippen MR) is 91.5 cm³/mol. The highest BCUT2D eigenvalue weighted by Crippen LogP contribution is 2.22. The van der Waals surface area contributed by atoms with Crippen molar-refractivity contribution in [3.05, 3.63) is 35.9 Å². The van der Waals surface area contributed by atoms with E-state index in [4.69, 9.17) is 0 Å². The van der Waals surface area contributed by atoms with Crippen molar-refractivity contribution in [1.29, 1.82) is 0 Å². The number of rotatable bonds is 6. The molecule has 1 fully saturated rings. The number of halogens is 3. The number of urea groups is 1. The topological polar surface area (TPSA) is 61.4 Å². The summed E-state index contributed by atoms with van der Waals surface area (Å²) in [6.45, 7) is 0.0534. The molecule has 2 rings (SSSR count). The maximum Gasteiger partial charge on any atom is 0.405 e. The molecule has 1 saturated heterocycles. The Bertz CT molecular complexity index is 585. The molecule has 1 aliphatic heterocycles. The van der Waals surface area contributed by atoms with E-state index in [1.807, 2.05) is 28.4 Å². The molecule has 0 aliphatic carbocycles. The van der Waals surface area contributed by atoms with Crippen molar-refractivity contribution >= 4 is 11.9 Å². The minimum Gasteiger partial charge on any atom is -0.329 e. The first kappa shape index (κ1) is 20.2. The van der Waals surface area contributed by atoms with Gasteiger partial charge in [0, 0.05) is 0 Å². The second-order valence-corrected chi connectivity index (χ2v) is 6.59. The van der Waals surface area contributed by atoms with Crippen LogP contribution in [0.3, 0.4) is 0 Å². The van der Waals surface area contributed by atoms with E-state index in [0.29, 0.717) is 5.92 Å². The largest absolute Gasteiger partial charge is 0.405 e. The fraction of sp³-hybridized carbons (Fsp3) is 0.556. The lowest BCUT2D eigenvalue weighted by Gasteiger charge is -2.31. The number of carbonyl (C=O) groups is 2. The highest BCUT2D eigenvalue weighted by molar-refractivity contribution is 5.95. The third-order valence-electron chi connectivity index (χ3n) is 4.46. The molecular weight excluding hydrogens is 347 g/mol. The monoisotopic (exact) mass is 371 g/mol. The number of nitrogens with zero attached hydrogens (tertiary/aromatic N) is 1. The molecule has 0 saturated carbocycles. The van der Waals surface area contributed by atoms with Crippen LogP contribution in [0.4, 0.5) is 18.0 Å². The van der Waals surface area contributed by atoms with Gasteiger partial charge in [-0.25, -0.2) is 4.79 Å². The molecule has 1 aliphatic rings. The van der Waals surface area contributed by atoms with Crippen molar-refractivity contribution in [2.75, 3.05) is 26.2 Å². The number of nitrogens with one attached hydrogen (secondary N) is 2. The van der Waals surface area contributed by atoms with E-state index in [9.17, 15) is 22.8 Å². The molecule has 0 radical (unpaired) electrons. The number of aryl methyl sites for hydroxylation is 1. The van der Waals surface area contributed by atoms with Gasteiger partial charge in [0.2, 0.25) is 5.91 Å². The number of hydrogen-bond acceptors (Lipinski definition) is 3. The SMILES string of the molecule is O=C(CN1CCC(CCc2ccccc2)CC1)NC(=O)NCC(F)(F)F. The van der Waals surface area contributed by atoms with E-state index in [0.717, 1.165) is 38.8 Å². The fourth-order valence-electron chi connectivity index (χ4n) is 3.04. The first-order valence-electron chi connectivity index (χ1n) is 8.72. The maximum atomic E-state index is 12.0. The van der Waals surface area contributed by atoms with Crippen LogP contribution in [0.5, 0.6) is 0 Å². The molecule has 3 amide bonds. The van der Waals surface area contributed by atoms with E-state index >= 15 is 0 Å². The van der Waals surface area contributed by atoms with Crippen molar-refractivity contribution in [2.24, 2.45) is 5.92 Å². The summed E-state index contributed by atoms with van der Waals surface area (Å²) in [6.07, 6.45) is -0.419. The molecule has 0 unspecified atom stereocenters. The van der Waals surface area contributed by atoms with Gasteiger partial charge in [-0.2, -0.15) is 13.2 Å². The highest BCUT2D eigenvalue weighted by atomic mass is 19.4. The van der Waals surface area contributed by atoms with Gasteiger partial charge < -0.3 is 5.32 Å². The number of piperidine rings is 1. The zero-order valence-electron chi connectivity index (χ0n) is 14.5. The standard InChI is InChI=1S/C18H24F3N3O2/c19-18(20,21)13-22-17(26)23-16(25)12-24-10-8-15(9-11-24)7-6-14-4-2-1-3-5-14/h1-5,15H,6-13H2,(H2,22,23,25,26). The number of imide groups is 1. The molecule has 0 bridgehead atoms. The first-order valence-corrected chi connectivity index (χ1v) is 8.72. The molecular formula is C18H24F3N3O2. The second kappa shape index (κ2) is 9.56. The molecule has 26 heavy (non-hydrogen) atoms. The molecule has 0 spiro atoms. The van der Waals surface area contributed by atoms with Crippen LogP contribution in [-0.2, 0) is 11.2 Å². The summed E-state index contributed by atoms with van der Waals surface area (Å²) in [6, 6.07) is 9.16. The van der Waals surface area contributed by atoms with Gasteiger partial charge in [0.05, 0.1) is 6.54 Å². The lowest BCUT2D eigenvalue weighted by Crippen LogP contribution is -2.47. The van der Waals surface area contributed by atoms with Gasteiger partial charge in [-0.05, 0) is 50.3 Å². The van der Waals surface area contributed by atoms with Gasteiger partial charge in [-0.15, -0.1) is 0 Å². The van der Waals surface area contributed by atoms with Crippen LogP contribution in [0.2, 0.25) is 0 Å². The smallest absolute Gasteiger partial charge is 0.329 e. The Balaban J connectivity index is 1.62. The minimum atomic E-state index is -4.50.